The van der Waals surface area contributed by atoms with E-state index in [-0.39, 0.29) is 19.5 Å². The Hall–Kier alpha value is -3.86. The lowest BCUT2D eigenvalue weighted by atomic mass is 10.2. The molecule has 8 nitrogen and oxygen atoms in total. The van der Waals surface area contributed by atoms with Crippen molar-refractivity contribution < 1.29 is 18.7 Å². The number of carbonyl (C=O) groups is 2. The number of hydrogen-bond acceptors (Lipinski definition) is 6. The van der Waals surface area contributed by atoms with Gasteiger partial charge in [-0.05, 0) is 24.3 Å². The van der Waals surface area contributed by atoms with E-state index in [2.05, 4.69) is 0 Å². The number of para-hydroxylation sites is 3. The van der Waals surface area contributed by atoms with Crippen molar-refractivity contribution in [1.82, 2.24) is 4.57 Å². The number of aromatic nitrogens is 1. The Balaban J connectivity index is 1.65. The van der Waals surface area contributed by atoms with Crippen molar-refractivity contribution in [2.45, 2.75) is 13.0 Å². The molecule has 3 rings (SSSR count). The highest BCUT2D eigenvalue weighted by molar-refractivity contribution is 5.95. The summed E-state index contributed by atoms with van der Waals surface area (Å²) in [6, 6.07) is 17.5. The van der Waals surface area contributed by atoms with Gasteiger partial charge in [-0.1, -0.05) is 30.3 Å². The van der Waals surface area contributed by atoms with Gasteiger partial charge in [-0.25, -0.2) is 4.79 Å². The van der Waals surface area contributed by atoms with Gasteiger partial charge in [-0.15, -0.1) is 0 Å². The zero-order chi connectivity index (χ0) is 19.9. The van der Waals surface area contributed by atoms with E-state index in [0.29, 0.717) is 16.8 Å². The van der Waals surface area contributed by atoms with Gasteiger partial charge in [-0.3, -0.25) is 14.2 Å². The molecule has 0 atom stereocenters. The van der Waals surface area contributed by atoms with E-state index in [1.54, 1.807) is 48.5 Å². The standard InChI is InChI=1S/C20H17N3O5/c21-11-6-12-22(15-7-2-1-3-8-15)18(24)14-27-19(25)13-23-16-9-4-5-10-17(16)28-20(23)26/h1-5,7-10H,6,12-14H2. The third-order valence-corrected chi connectivity index (χ3v) is 4.03. The molecule has 8 heteroatoms. The van der Waals surface area contributed by atoms with E-state index in [0.717, 1.165) is 4.57 Å². The molecular formula is C20H17N3O5. The van der Waals surface area contributed by atoms with Crippen molar-refractivity contribution in [3.8, 4) is 6.07 Å². The van der Waals surface area contributed by atoms with Crippen LogP contribution in [0.2, 0.25) is 0 Å². The fourth-order valence-corrected chi connectivity index (χ4v) is 2.73. The predicted octanol–water partition coefficient (Wildman–Crippen LogP) is 2.08. The highest BCUT2D eigenvalue weighted by Crippen LogP contribution is 2.14. The first-order valence-corrected chi connectivity index (χ1v) is 8.56. The average molecular weight is 379 g/mol. The Kier molecular flexibility index (Phi) is 5.87. The number of hydrogen-bond donors (Lipinski definition) is 0. The quantitative estimate of drug-likeness (QED) is 0.582. The summed E-state index contributed by atoms with van der Waals surface area (Å²) in [5.41, 5.74) is 1.44. The van der Waals surface area contributed by atoms with Gasteiger partial charge in [0.05, 0.1) is 18.0 Å². The van der Waals surface area contributed by atoms with E-state index in [9.17, 15) is 14.4 Å². The molecule has 1 amide bonds. The summed E-state index contributed by atoms with van der Waals surface area (Å²) in [6.07, 6.45) is 0.144. The minimum atomic E-state index is -0.740. The number of nitrogens with zero attached hydrogens (tertiary/aromatic N) is 3. The number of amides is 1. The number of ether oxygens (including phenoxy) is 1. The summed E-state index contributed by atoms with van der Waals surface area (Å²) in [7, 11) is 0. The summed E-state index contributed by atoms with van der Waals surface area (Å²) < 4.78 is 11.3. The van der Waals surface area contributed by atoms with Crippen molar-refractivity contribution in [2.24, 2.45) is 0 Å². The first-order valence-electron chi connectivity index (χ1n) is 8.56. The van der Waals surface area contributed by atoms with Crippen LogP contribution in [0.15, 0.2) is 63.8 Å². The topological polar surface area (TPSA) is 106 Å². The second kappa shape index (κ2) is 8.68. The van der Waals surface area contributed by atoms with Crippen molar-refractivity contribution in [3.63, 3.8) is 0 Å². The molecule has 0 N–H and O–H groups in total. The van der Waals surface area contributed by atoms with Gasteiger partial charge in [0.2, 0.25) is 0 Å². The Morgan fingerprint density at radius 3 is 2.57 bits per heavy atom. The van der Waals surface area contributed by atoms with Gasteiger partial charge in [0.25, 0.3) is 5.91 Å². The van der Waals surface area contributed by atoms with Crippen LogP contribution in [0.25, 0.3) is 11.1 Å². The summed E-state index contributed by atoms with van der Waals surface area (Å²) in [5, 5.41) is 8.80. The molecule has 1 heterocycles. The van der Waals surface area contributed by atoms with Crippen molar-refractivity contribution in [2.75, 3.05) is 18.1 Å². The maximum absolute atomic E-state index is 12.5. The third-order valence-electron chi connectivity index (χ3n) is 4.03. The lowest BCUT2D eigenvalue weighted by Gasteiger charge is -2.21. The molecule has 2 aromatic carbocycles. The van der Waals surface area contributed by atoms with E-state index < -0.39 is 24.2 Å². The van der Waals surface area contributed by atoms with E-state index in [4.69, 9.17) is 14.4 Å². The second-order valence-corrected chi connectivity index (χ2v) is 5.87. The predicted molar refractivity (Wildman–Crippen MR) is 100 cm³/mol. The Bertz CT molecular complexity index is 1080. The number of esters is 1. The van der Waals surface area contributed by atoms with Crippen molar-refractivity contribution >= 4 is 28.7 Å². The number of fused-ring (bicyclic) bond motifs is 1. The number of rotatable bonds is 7. The third kappa shape index (κ3) is 4.27. The highest BCUT2D eigenvalue weighted by Gasteiger charge is 2.19. The maximum atomic E-state index is 12.5. The molecule has 0 fully saturated rings. The van der Waals surface area contributed by atoms with Crippen LogP contribution < -0.4 is 10.7 Å². The Morgan fingerprint density at radius 1 is 1.11 bits per heavy atom. The molecule has 1 aromatic heterocycles. The molecule has 0 aliphatic heterocycles. The van der Waals surface area contributed by atoms with Crippen LogP contribution >= 0.6 is 0 Å². The van der Waals surface area contributed by atoms with Crippen LogP contribution in [-0.4, -0.2) is 29.6 Å². The summed E-state index contributed by atoms with van der Waals surface area (Å²) >= 11 is 0. The van der Waals surface area contributed by atoms with Gasteiger partial charge in [0.15, 0.2) is 12.2 Å². The van der Waals surface area contributed by atoms with Crippen LogP contribution in [0.1, 0.15) is 6.42 Å². The fourth-order valence-electron chi connectivity index (χ4n) is 2.73. The van der Waals surface area contributed by atoms with Crippen LogP contribution in [0.4, 0.5) is 5.69 Å². The normalized spacial score (nSPS) is 10.4. The molecule has 28 heavy (non-hydrogen) atoms. The smallest absolute Gasteiger partial charge is 0.420 e. The van der Waals surface area contributed by atoms with Crippen LogP contribution in [-0.2, 0) is 20.9 Å². The molecule has 0 aliphatic rings. The van der Waals surface area contributed by atoms with Gasteiger partial charge >= 0.3 is 11.7 Å². The van der Waals surface area contributed by atoms with Gasteiger partial charge in [0, 0.05) is 12.2 Å². The van der Waals surface area contributed by atoms with Crippen molar-refractivity contribution in [1.29, 1.82) is 5.26 Å². The number of anilines is 1. The first kappa shape index (κ1) is 18.9. The molecule has 142 valence electrons. The lowest BCUT2D eigenvalue weighted by Crippen LogP contribution is -2.36. The largest absolute Gasteiger partial charge is 0.454 e. The first-order chi connectivity index (χ1) is 13.6. The van der Waals surface area contributed by atoms with Crippen LogP contribution in [0.5, 0.6) is 0 Å². The molecule has 0 radical (unpaired) electrons. The second-order valence-electron chi connectivity index (χ2n) is 5.87. The Labute approximate surface area is 160 Å². The van der Waals surface area contributed by atoms with Crippen LogP contribution in [0.3, 0.4) is 0 Å². The zero-order valence-electron chi connectivity index (χ0n) is 14.9. The molecule has 3 aromatic rings. The van der Waals surface area contributed by atoms with Gasteiger partial charge in [0.1, 0.15) is 6.54 Å². The number of oxazole rings is 1. The van der Waals surface area contributed by atoms with Crippen LogP contribution in [0, 0.1) is 11.3 Å². The molecule has 0 aliphatic carbocycles. The van der Waals surface area contributed by atoms with Gasteiger partial charge in [-0.2, -0.15) is 5.26 Å². The lowest BCUT2D eigenvalue weighted by molar-refractivity contribution is -0.148. The van der Waals surface area contributed by atoms with E-state index in [1.165, 1.54) is 4.90 Å². The summed E-state index contributed by atoms with van der Waals surface area (Å²) in [4.78, 5) is 37.9. The molecular weight excluding hydrogens is 362 g/mol. The molecule has 0 spiro atoms. The number of carbonyl (C=O) groups excluding carboxylic acids is 2. The molecule has 0 unspecified atom stereocenters. The van der Waals surface area contributed by atoms with E-state index >= 15 is 0 Å². The zero-order valence-corrected chi connectivity index (χ0v) is 14.9. The minimum Gasteiger partial charge on any atom is -0.454 e. The molecule has 0 saturated heterocycles. The SMILES string of the molecule is N#CCCN(C(=O)COC(=O)Cn1c(=O)oc2ccccc21)c1ccccc1. The number of benzene rings is 2. The monoisotopic (exact) mass is 379 g/mol. The van der Waals surface area contributed by atoms with Crippen molar-refractivity contribution in [3.05, 3.63) is 65.1 Å². The minimum absolute atomic E-state index is 0.144. The molecule has 0 saturated carbocycles. The van der Waals surface area contributed by atoms with Gasteiger partial charge < -0.3 is 14.1 Å². The average Bonchev–Trinajstić information content (AvgIpc) is 3.03. The van der Waals surface area contributed by atoms with E-state index in [1.807, 2.05) is 12.1 Å². The Morgan fingerprint density at radius 2 is 1.82 bits per heavy atom. The summed E-state index contributed by atoms with van der Waals surface area (Å²) in [5.74, 6) is -1.88. The highest BCUT2D eigenvalue weighted by atomic mass is 16.5. The molecule has 0 bridgehead atoms. The maximum Gasteiger partial charge on any atom is 0.420 e. The summed E-state index contributed by atoms with van der Waals surface area (Å²) in [6.45, 7) is -0.681. The number of nitriles is 1. The fraction of sp³-hybridized carbons (Fsp3) is 0.200.